The van der Waals surface area contributed by atoms with Gasteiger partial charge in [0.05, 0.1) is 24.1 Å². The molecule has 2 N–H and O–H groups in total. The van der Waals surface area contributed by atoms with Crippen molar-refractivity contribution in [1.82, 2.24) is 14.8 Å². The molecule has 0 aliphatic carbocycles. The van der Waals surface area contributed by atoms with Crippen molar-refractivity contribution in [3.8, 4) is 0 Å². The van der Waals surface area contributed by atoms with Gasteiger partial charge in [-0.2, -0.15) is 5.10 Å². The van der Waals surface area contributed by atoms with E-state index < -0.39 is 0 Å². The topological polar surface area (TPSA) is 89.0 Å². The van der Waals surface area contributed by atoms with Gasteiger partial charge in [-0.15, -0.1) is 0 Å². The number of aromatic nitrogens is 3. The molecule has 0 atom stereocenters. The molecule has 0 aliphatic heterocycles. The van der Waals surface area contributed by atoms with E-state index in [9.17, 15) is 9.59 Å². The smallest absolute Gasteiger partial charge is 0.258 e. The third-order valence-corrected chi connectivity index (χ3v) is 2.54. The minimum Gasteiger partial charge on any atom is -0.383 e. The Morgan fingerprint density at radius 3 is 3.05 bits per heavy atom. The summed E-state index contributed by atoms with van der Waals surface area (Å²) in [7, 11) is 1.57. The largest absolute Gasteiger partial charge is 0.383 e. The molecular weight excluding hydrogens is 248 g/mol. The van der Waals surface area contributed by atoms with Gasteiger partial charge in [-0.05, 0) is 6.07 Å². The van der Waals surface area contributed by atoms with Gasteiger partial charge in [0.25, 0.3) is 11.5 Å². The summed E-state index contributed by atoms with van der Waals surface area (Å²) in [4.78, 5) is 23.4. The Morgan fingerprint density at radius 1 is 1.53 bits per heavy atom. The molecule has 7 heteroatoms. The van der Waals surface area contributed by atoms with Gasteiger partial charge in [-0.1, -0.05) is 0 Å². The zero-order valence-electron chi connectivity index (χ0n) is 10.4. The van der Waals surface area contributed by atoms with Crippen LogP contribution >= 0.6 is 0 Å². The van der Waals surface area contributed by atoms with E-state index in [1.54, 1.807) is 19.4 Å². The molecule has 1 amide bonds. The quantitative estimate of drug-likeness (QED) is 0.819. The van der Waals surface area contributed by atoms with Crippen LogP contribution in [-0.2, 0) is 11.3 Å². The Bertz CT molecular complexity index is 604. The van der Waals surface area contributed by atoms with Crippen LogP contribution in [0.25, 0.3) is 0 Å². The van der Waals surface area contributed by atoms with Crippen LogP contribution in [0.15, 0.2) is 35.5 Å². The summed E-state index contributed by atoms with van der Waals surface area (Å²) in [5.74, 6) is -0.286. The number of carbonyl (C=O) groups excluding carboxylic acids is 1. The number of carbonyl (C=O) groups is 1. The second-order valence-electron chi connectivity index (χ2n) is 3.88. The van der Waals surface area contributed by atoms with Crippen LogP contribution in [0.1, 0.15) is 10.4 Å². The SMILES string of the molecule is COCCn1cc(NC(=O)c2cn[nH]c2)ccc1=O. The molecule has 7 nitrogen and oxygen atoms in total. The van der Waals surface area contributed by atoms with Crippen molar-refractivity contribution < 1.29 is 9.53 Å². The third-order valence-electron chi connectivity index (χ3n) is 2.54. The normalized spacial score (nSPS) is 10.4. The zero-order valence-corrected chi connectivity index (χ0v) is 10.4. The highest BCUT2D eigenvalue weighted by Gasteiger charge is 2.07. The van der Waals surface area contributed by atoms with Crippen molar-refractivity contribution in [3.05, 3.63) is 46.6 Å². The maximum atomic E-state index is 11.8. The fourth-order valence-corrected chi connectivity index (χ4v) is 1.55. The minimum absolute atomic E-state index is 0.140. The molecule has 100 valence electrons. The molecule has 0 spiro atoms. The summed E-state index contributed by atoms with van der Waals surface area (Å²) in [5.41, 5.74) is 0.829. The van der Waals surface area contributed by atoms with Gasteiger partial charge in [0.2, 0.25) is 0 Å². The van der Waals surface area contributed by atoms with E-state index in [0.29, 0.717) is 24.4 Å². The highest BCUT2D eigenvalue weighted by atomic mass is 16.5. The number of hydrogen-bond acceptors (Lipinski definition) is 4. The van der Waals surface area contributed by atoms with Crippen molar-refractivity contribution in [2.75, 3.05) is 19.0 Å². The Kier molecular flexibility index (Phi) is 4.09. The first-order valence-electron chi connectivity index (χ1n) is 5.70. The summed E-state index contributed by atoms with van der Waals surface area (Å²) in [6.07, 6.45) is 4.51. The van der Waals surface area contributed by atoms with Crippen LogP contribution in [0.2, 0.25) is 0 Å². The fourth-order valence-electron chi connectivity index (χ4n) is 1.55. The molecule has 0 saturated carbocycles. The van der Waals surface area contributed by atoms with E-state index in [1.807, 2.05) is 0 Å². The number of amides is 1. The van der Waals surface area contributed by atoms with Gasteiger partial charge >= 0.3 is 0 Å². The van der Waals surface area contributed by atoms with E-state index in [4.69, 9.17) is 4.74 Å². The van der Waals surface area contributed by atoms with E-state index in [-0.39, 0.29) is 11.5 Å². The number of hydrogen-bond donors (Lipinski definition) is 2. The highest BCUT2D eigenvalue weighted by molar-refractivity contribution is 6.03. The average Bonchev–Trinajstić information content (AvgIpc) is 2.93. The zero-order chi connectivity index (χ0) is 13.7. The average molecular weight is 262 g/mol. The summed E-state index contributed by atoms with van der Waals surface area (Å²) in [6, 6.07) is 2.96. The van der Waals surface area contributed by atoms with Gasteiger partial charge in [0.1, 0.15) is 0 Å². The number of nitrogens with zero attached hydrogens (tertiary/aromatic N) is 2. The molecule has 2 rings (SSSR count). The summed E-state index contributed by atoms with van der Waals surface area (Å²) < 4.78 is 6.40. The molecule has 2 heterocycles. The number of pyridine rings is 1. The van der Waals surface area contributed by atoms with Gasteiger partial charge in [-0.3, -0.25) is 14.7 Å². The van der Waals surface area contributed by atoms with E-state index >= 15 is 0 Å². The van der Waals surface area contributed by atoms with E-state index in [0.717, 1.165) is 0 Å². The molecule has 2 aromatic heterocycles. The van der Waals surface area contributed by atoms with Crippen LogP contribution in [0.4, 0.5) is 5.69 Å². The molecule has 0 aliphatic rings. The maximum Gasteiger partial charge on any atom is 0.258 e. The molecule has 19 heavy (non-hydrogen) atoms. The number of H-pyrrole nitrogens is 1. The second-order valence-corrected chi connectivity index (χ2v) is 3.88. The Hall–Kier alpha value is -2.41. The van der Waals surface area contributed by atoms with Gasteiger partial charge < -0.3 is 14.6 Å². The monoisotopic (exact) mass is 262 g/mol. The Morgan fingerprint density at radius 2 is 2.37 bits per heavy atom. The molecule has 0 fully saturated rings. The van der Waals surface area contributed by atoms with Gasteiger partial charge in [0, 0.05) is 32.1 Å². The number of methoxy groups -OCH3 is 1. The second kappa shape index (κ2) is 5.96. The van der Waals surface area contributed by atoms with E-state index in [2.05, 4.69) is 15.5 Å². The minimum atomic E-state index is -0.286. The lowest BCUT2D eigenvalue weighted by Crippen LogP contribution is -2.22. The lowest BCUT2D eigenvalue weighted by Gasteiger charge is -2.08. The first-order chi connectivity index (χ1) is 9.20. The van der Waals surface area contributed by atoms with Crippen molar-refractivity contribution in [2.24, 2.45) is 0 Å². The number of aromatic amines is 1. The Balaban J connectivity index is 2.12. The molecule has 0 unspecified atom stereocenters. The van der Waals surface area contributed by atoms with Crippen LogP contribution in [-0.4, -0.2) is 34.4 Å². The van der Waals surface area contributed by atoms with E-state index in [1.165, 1.54) is 23.0 Å². The number of rotatable bonds is 5. The number of ether oxygens (including phenoxy) is 1. The molecule has 0 saturated heterocycles. The van der Waals surface area contributed by atoms with Gasteiger partial charge in [-0.25, -0.2) is 0 Å². The molecule has 2 aromatic rings. The van der Waals surface area contributed by atoms with Gasteiger partial charge in [0.15, 0.2) is 0 Å². The van der Waals surface area contributed by atoms with Crippen molar-refractivity contribution >= 4 is 11.6 Å². The summed E-state index contributed by atoms with van der Waals surface area (Å²) in [5, 5.41) is 8.95. The summed E-state index contributed by atoms with van der Waals surface area (Å²) in [6.45, 7) is 0.865. The number of anilines is 1. The summed E-state index contributed by atoms with van der Waals surface area (Å²) >= 11 is 0. The first-order valence-corrected chi connectivity index (χ1v) is 5.70. The fraction of sp³-hybridized carbons (Fsp3) is 0.250. The molecule has 0 bridgehead atoms. The predicted molar refractivity (Wildman–Crippen MR) is 69.1 cm³/mol. The third kappa shape index (κ3) is 3.29. The highest BCUT2D eigenvalue weighted by Crippen LogP contribution is 2.06. The van der Waals surface area contributed by atoms with Crippen LogP contribution in [0, 0.1) is 0 Å². The van der Waals surface area contributed by atoms with Crippen LogP contribution < -0.4 is 10.9 Å². The predicted octanol–water partition coefficient (Wildman–Crippen LogP) is 0.470. The van der Waals surface area contributed by atoms with Crippen LogP contribution in [0.5, 0.6) is 0 Å². The Labute approximate surface area is 109 Å². The van der Waals surface area contributed by atoms with Crippen LogP contribution in [0.3, 0.4) is 0 Å². The molecule has 0 radical (unpaired) electrons. The molecular formula is C12H14N4O3. The lowest BCUT2D eigenvalue weighted by atomic mass is 10.3. The molecule has 0 aromatic carbocycles. The number of nitrogens with one attached hydrogen (secondary N) is 2. The van der Waals surface area contributed by atoms with Crippen molar-refractivity contribution in [2.45, 2.75) is 6.54 Å². The standard InChI is InChI=1S/C12H14N4O3/c1-19-5-4-16-8-10(2-3-11(16)17)15-12(18)9-6-13-14-7-9/h2-3,6-8H,4-5H2,1H3,(H,13,14)(H,15,18). The van der Waals surface area contributed by atoms with Crippen molar-refractivity contribution in [1.29, 1.82) is 0 Å². The maximum absolute atomic E-state index is 11.8. The van der Waals surface area contributed by atoms with Crippen molar-refractivity contribution in [3.63, 3.8) is 0 Å². The lowest BCUT2D eigenvalue weighted by molar-refractivity contribution is 0.102. The first kappa shape index (κ1) is 13.0.